The van der Waals surface area contributed by atoms with Gasteiger partial charge in [-0.25, -0.2) is 0 Å². The van der Waals surface area contributed by atoms with Crippen LogP contribution < -0.4 is 19.9 Å². The molecule has 0 bridgehead atoms. The standard InChI is InChI=1S/C20H23Cl2N3O2/c21-17-7-4-8-18(20(17)22)23-19(26)15-25-11-9-24(10-12-25)13-14-27-16-5-2-1-3-6-16/h1-8H,9-15H2,(H,23,26)/p+2. The molecule has 2 aromatic carbocycles. The van der Waals surface area contributed by atoms with Gasteiger partial charge in [0.15, 0.2) is 6.54 Å². The highest BCUT2D eigenvalue weighted by Gasteiger charge is 2.25. The third-order valence-electron chi connectivity index (χ3n) is 4.77. The summed E-state index contributed by atoms with van der Waals surface area (Å²) in [4.78, 5) is 15.1. The first-order valence-electron chi connectivity index (χ1n) is 9.20. The van der Waals surface area contributed by atoms with Crippen LogP contribution in [0.5, 0.6) is 5.75 Å². The quantitative estimate of drug-likeness (QED) is 0.633. The number of carbonyl (C=O) groups is 1. The van der Waals surface area contributed by atoms with Crippen molar-refractivity contribution in [2.24, 2.45) is 0 Å². The molecule has 0 spiro atoms. The minimum Gasteiger partial charge on any atom is -0.488 e. The smallest absolute Gasteiger partial charge is 0.279 e. The summed E-state index contributed by atoms with van der Waals surface area (Å²) in [5.41, 5.74) is 0.566. The van der Waals surface area contributed by atoms with Crippen LogP contribution in [0.4, 0.5) is 5.69 Å². The van der Waals surface area contributed by atoms with Gasteiger partial charge in [-0.15, -0.1) is 0 Å². The zero-order valence-electron chi connectivity index (χ0n) is 15.1. The molecule has 5 nitrogen and oxygen atoms in total. The van der Waals surface area contributed by atoms with Crippen LogP contribution in [-0.4, -0.2) is 51.8 Å². The van der Waals surface area contributed by atoms with Gasteiger partial charge in [-0.2, -0.15) is 0 Å². The van der Waals surface area contributed by atoms with Crippen LogP contribution in [0, 0.1) is 0 Å². The Bertz CT molecular complexity index is 750. The lowest BCUT2D eigenvalue weighted by Crippen LogP contribution is -3.28. The topological polar surface area (TPSA) is 47.2 Å². The maximum absolute atomic E-state index is 12.3. The molecule has 1 aliphatic heterocycles. The molecule has 1 saturated heterocycles. The lowest BCUT2D eigenvalue weighted by atomic mass is 10.3. The molecule has 0 aromatic heterocycles. The molecule has 144 valence electrons. The summed E-state index contributed by atoms with van der Waals surface area (Å²) >= 11 is 12.1. The van der Waals surface area contributed by atoms with E-state index in [1.807, 2.05) is 30.3 Å². The van der Waals surface area contributed by atoms with Crippen LogP contribution in [0.15, 0.2) is 48.5 Å². The van der Waals surface area contributed by atoms with Crippen molar-refractivity contribution in [1.82, 2.24) is 0 Å². The number of nitrogens with one attached hydrogen (secondary N) is 3. The zero-order chi connectivity index (χ0) is 19.1. The molecule has 0 unspecified atom stereocenters. The zero-order valence-corrected chi connectivity index (χ0v) is 16.7. The number of halogens is 2. The Morgan fingerprint density at radius 2 is 1.67 bits per heavy atom. The molecule has 27 heavy (non-hydrogen) atoms. The highest BCUT2D eigenvalue weighted by Crippen LogP contribution is 2.29. The second-order valence-electron chi connectivity index (χ2n) is 6.74. The maximum atomic E-state index is 12.3. The number of quaternary nitrogens is 2. The van der Waals surface area contributed by atoms with Gasteiger partial charge in [0.25, 0.3) is 5.91 Å². The van der Waals surface area contributed by atoms with Gasteiger partial charge in [0.2, 0.25) is 0 Å². The van der Waals surface area contributed by atoms with Crippen LogP contribution in [0.2, 0.25) is 10.0 Å². The van der Waals surface area contributed by atoms with E-state index >= 15 is 0 Å². The number of amides is 1. The van der Waals surface area contributed by atoms with Gasteiger partial charge in [-0.1, -0.05) is 47.5 Å². The Labute approximate surface area is 169 Å². The van der Waals surface area contributed by atoms with E-state index in [4.69, 9.17) is 27.9 Å². The maximum Gasteiger partial charge on any atom is 0.279 e. The van der Waals surface area contributed by atoms with E-state index in [0.29, 0.717) is 28.9 Å². The van der Waals surface area contributed by atoms with E-state index in [0.717, 1.165) is 38.5 Å². The minimum atomic E-state index is -0.0370. The number of hydrogen-bond donors (Lipinski definition) is 3. The molecule has 1 fully saturated rings. The largest absolute Gasteiger partial charge is 0.488 e. The molecule has 1 amide bonds. The predicted octanol–water partition coefficient (Wildman–Crippen LogP) is 0.794. The monoisotopic (exact) mass is 409 g/mol. The molecule has 1 aliphatic rings. The van der Waals surface area contributed by atoms with Crippen LogP contribution in [0.3, 0.4) is 0 Å². The van der Waals surface area contributed by atoms with Gasteiger partial charge in [0, 0.05) is 0 Å². The van der Waals surface area contributed by atoms with Crippen molar-refractivity contribution in [3.8, 4) is 5.75 Å². The van der Waals surface area contributed by atoms with Crippen molar-refractivity contribution < 1.29 is 19.3 Å². The fourth-order valence-corrected chi connectivity index (χ4v) is 3.58. The number of carbonyl (C=O) groups excluding carboxylic acids is 1. The van der Waals surface area contributed by atoms with E-state index in [1.165, 1.54) is 9.80 Å². The van der Waals surface area contributed by atoms with Crippen LogP contribution in [-0.2, 0) is 4.79 Å². The molecule has 0 atom stereocenters. The molecule has 3 N–H and O–H groups in total. The van der Waals surface area contributed by atoms with Gasteiger partial charge >= 0.3 is 0 Å². The molecule has 2 aromatic rings. The average molecular weight is 410 g/mol. The minimum absolute atomic E-state index is 0.0370. The molecule has 0 radical (unpaired) electrons. The average Bonchev–Trinajstić information content (AvgIpc) is 2.68. The summed E-state index contributed by atoms with van der Waals surface area (Å²) in [6, 6.07) is 15.1. The molecule has 3 rings (SSSR count). The van der Waals surface area contributed by atoms with E-state index in [-0.39, 0.29) is 5.91 Å². The third-order valence-corrected chi connectivity index (χ3v) is 5.59. The predicted molar refractivity (Wildman–Crippen MR) is 108 cm³/mol. The highest BCUT2D eigenvalue weighted by molar-refractivity contribution is 6.43. The number of para-hydroxylation sites is 1. The first-order valence-corrected chi connectivity index (χ1v) is 9.96. The number of benzene rings is 2. The Morgan fingerprint density at radius 1 is 0.963 bits per heavy atom. The number of hydrogen-bond acceptors (Lipinski definition) is 2. The van der Waals surface area contributed by atoms with Gasteiger partial charge in [0.05, 0.1) is 15.7 Å². The summed E-state index contributed by atoms with van der Waals surface area (Å²) in [5.74, 6) is 0.877. The Balaban J connectivity index is 1.36. The molecular weight excluding hydrogens is 385 g/mol. The van der Waals surface area contributed by atoms with E-state index < -0.39 is 0 Å². The fraction of sp³-hybridized carbons (Fsp3) is 0.350. The van der Waals surface area contributed by atoms with Crippen molar-refractivity contribution in [2.75, 3.05) is 51.2 Å². The summed E-state index contributed by atoms with van der Waals surface area (Å²) < 4.78 is 5.77. The second kappa shape index (κ2) is 9.95. The van der Waals surface area contributed by atoms with Crippen molar-refractivity contribution in [3.05, 3.63) is 58.6 Å². The number of piperazine rings is 1. The van der Waals surface area contributed by atoms with Crippen molar-refractivity contribution >= 4 is 34.8 Å². The lowest BCUT2D eigenvalue weighted by Gasteiger charge is -2.29. The van der Waals surface area contributed by atoms with Gasteiger partial charge in [-0.3, -0.25) is 4.79 Å². The summed E-state index contributed by atoms with van der Waals surface area (Å²) in [6.45, 7) is 6.15. The molecule has 1 heterocycles. The number of ether oxygens (including phenoxy) is 1. The molecule has 0 saturated carbocycles. The first kappa shape index (κ1) is 20.0. The first-order chi connectivity index (χ1) is 13.1. The number of anilines is 1. The van der Waals surface area contributed by atoms with Gasteiger partial charge in [-0.05, 0) is 24.3 Å². The number of rotatable bonds is 7. The molecule has 0 aliphatic carbocycles. The van der Waals surface area contributed by atoms with E-state index in [2.05, 4.69) is 5.32 Å². The lowest BCUT2D eigenvalue weighted by molar-refractivity contribution is -1.01. The second-order valence-corrected chi connectivity index (χ2v) is 7.52. The Morgan fingerprint density at radius 3 is 2.41 bits per heavy atom. The summed E-state index contributed by atoms with van der Waals surface area (Å²) in [5, 5.41) is 3.68. The van der Waals surface area contributed by atoms with Crippen molar-refractivity contribution in [1.29, 1.82) is 0 Å². The van der Waals surface area contributed by atoms with Crippen LogP contribution >= 0.6 is 23.2 Å². The summed E-state index contributed by atoms with van der Waals surface area (Å²) in [7, 11) is 0. The SMILES string of the molecule is O=C(C[NH+]1CC[NH+](CCOc2ccccc2)CC1)Nc1cccc(Cl)c1Cl. The Kier molecular flexibility index (Phi) is 7.35. The van der Waals surface area contributed by atoms with Crippen molar-refractivity contribution in [3.63, 3.8) is 0 Å². The fourth-order valence-electron chi connectivity index (χ4n) is 3.24. The van der Waals surface area contributed by atoms with Gasteiger partial charge in [0.1, 0.15) is 45.1 Å². The molecular formula is C20H25Cl2N3O2+2. The third kappa shape index (κ3) is 6.11. The van der Waals surface area contributed by atoms with Crippen LogP contribution in [0.1, 0.15) is 0 Å². The van der Waals surface area contributed by atoms with Gasteiger partial charge < -0.3 is 19.9 Å². The van der Waals surface area contributed by atoms with Crippen molar-refractivity contribution in [2.45, 2.75) is 0 Å². The Hall–Kier alpha value is -1.79. The van der Waals surface area contributed by atoms with E-state index in [1.54, 1.807) is 18.2 Å². The summed E-state index contributed by atoms with van der Waals surface area (Å²) in [6.07, 6.45) is 0. The van der Waals surface area contributed by atoms with E-state index in [9.17, 15) is 4.79 Å². The highest BCUT2D eigenvalue weighted by atomic mass is 35.5. The molecule has 7 heteroatoms. The van der Waals surface area contributed by atoms with Crippen LogP contribution in [0.25, 0.3) is 0 Å². The normalized spacial score (nSPS) is 19.5.